The molecule has 0 spiro atoms. The smallest absolute Gasteiger partial charge is 0.416 e. The maximum absolute atomic E-state index is 13.7. The molecule has 1 aliphatic heterocycles. The Kier molecular flexibility index (Phi) is 9.43. The molecule has 0 aliphatic carbocycles. The van der Waals surface area contributed by atoms with Crippen molar-refractivity contribution in [2.24, 2.45) is 0 Å². The molecule has 232 valence electrons. The quantitative estimate of drug-likeness (QED) is 0.321. The first-order valence-electron chi connectivity index (χ1n) is 13.5. The molecule has 7 nitrogen and oxygen atoms in total. The number of halogens is 6. The highest BCUT2D eigenvalue weighted by Crippen LogP contribution is 2.45. The number of carbonyl (C=O) groups excluding carboxylic acids is 2. The molecule has 42 heavy (non-hydrogen) atoms. The van der Waals surface area contributed by atoms with Crippen molar-refractivity contribution in [3.05, 3.63) is 57.9 Å². The van der Waals surface area contributed by atoms with Crippen LogP contribution < -0.4 is 4.90 Å². The summed E-state index contributed by atoms with van der Waals surface area (Å²) >= 11 is 0. The van der Waals surface area contributed by atoms with Gasteiger partial charge in [0, 0.05) is 23.8 Å². The van der Waals surface area contributed by atoms with Crippen LogP contribution in [-0.4, -0.2) is 40.3 Å². The molecule has 0 bridgehead atoms. The standard InChI is InChI=1S/C29H35F6N3O4/c1-8-21-14-23(22-10-16(3)36-17(4)24(22)38(21)26(40)41-9-2)37(25(39)42-27(5,6)7)15-18-11-19(28(30,31)32)13-20(12-18)29(33,34)35/h10-13,21,23H,8-9,14-15H2,1-7H3. The SMILES string of the molecule is CCOC(=O)N1c2c(cc(C)nc2C)C(N(Cc2cc(C(F)(F)F)cc(C(F)(F)F)c2)C(=O)OC(C)(C)C)CC1CC. The summed E-state index contributed by atoms with van der Waals surface area (Å²) in [6.45, 7) is 11.1. The van der Waals surface area contributed by atoms with Gasteiger partial charge in [-0.05, 0) is 84.2 Å². The lowest BCUT2D eigenvalue weighted by atomic mass is 9.88. The van der Waals surface area contributed by atoms with Crippen LogP contribution in [0.15, 0.2) is 24.3 Å². The van der Waals surface area contributed by atoms with Crippen molar-refractivity contribution in [1.82, 2.24) is 9.88 Å². The Labute approximate surface area is 240 Å². The van der Waals surface area contributed by atoms with Crippen molar-refractivity contribution < 1.29 is 45.4 Å². The number of benzene rings is 1. The van der Waals surface area contributed by atoms with Gasteiger partial charge in [-0.1, -0.05) is 6.92 Å². The number of hydrogen-bond donors (Lipinski definition) is 0. The Hall–Kier alpha value is -3.51. The highest BCUT2D eigenvalue weighted by Gasteiger charge is 2.43. The van der Waals surface area contributed by atoms with Gasteiger partial charge in [0.05, 0.1) is 35.2 Å². The summed E-state index contributed by atoms with van der Waals surface area (Å²) in [7, 11) is 0. The van der Waals surface area contributed by atoms with Crippen LogP contribution in [0.4, 0.5) is 41.6 Å². The molecule has 0 N–H and O–H groups in total. The second-order valence-corrected chi connectivity index (χ2v) is 11.2. The topological polar surface area (TPSA) is 72.0 Å². The van der Waals surface area contributed by atoms with Crippen molar-refractivity contribution in [2.75, 3.05) is 11.5 Å². The fraction of sp³-hybridized carbons (Fsp3) is 0.552. The van der Waals surface area contributed by atoms with Gasteiger partial charge in [0.1, 0.15) is 5.60 Å². The van der Waals surface area contributed by atoms with Crippen molar-refractivity contribution in [1.29, 1.82) is 0 Å². The first-order chi connectivity index (χ1) is 19.3. The predicted octanol–water partition coefficient (Wildman–Crippen LogP) is 8.36. The van der Waals surface area contributed by atoms with E-state index < -0.39 is 59.9 Å². The molecule has 13 heteroatoms. The first kappa shape index (κ1) is 33.0. The summed E-state index contributed by atoms with van der Waals surface area (Å²) in [4.78, 5) is 33.8. The van der Waals surface area contributed by atoms with E-state index in [9.17, 15) is 35.9 Å². The number of pyridine rings is 1. The highest BCUT2D eigenvalue weighted by atomic mass is 19.4. The number of hydrogen-bond acceptors (Lipinski definition) is 5. The Bertz CT molecular complexity index is 1290. The van der Waals surface area contributed by atoms with Gasteiger partial charge < -0.3 is 9.47 Å². The summed E-state index contributed by atoms with van der Waals surface area (Å²) in [6.07, 6.45) is -11.2. The Morgan fingerprint density at radius 2 is 1.55 bits per heavy atom. The molecule has 1 aromatic heterocycles. The van der Waals surface area contributed by atoms with E-state index in [1.807, 2.05) is 6.92 Å². The van der Waals surface area contributed by atoms with Crippen LogP contribution in [0.25, 0.3) is 0 Å². The number of anilines is 1. The average molecular weight is 604 g/mol. The average Bonchev–Trinajstić information content (AvgIpc) is 2.84. The third kappa shape index (κ3) is 7.46. The van der Waals surface area contributed by atoms with E-state index in [0.29, 0.717) is 41.2 Å². The summed E-state index contributed by atoms with van der Waals surface area (Å²) in [6, 6.07) is 1.48. The van der Waals surface area contributed by atoms with E-state index >= 15 is 0 Å². The Morgan fingerprint density at radius 3 is 2.02 bits per heavy atom. The van der Waals surface area contributed by atoms with Gasteiger partial charge in [0.15, 0.2) is 0 Å². The summed E-state index contributed by atoms with van der Waals surface area (Å²) < 4.78 is 92.8. The zero-order valence-corrected chi connectivity index (χ0v) is 24.5. The number of aromatic nitrogens is 1. The molecule has 0 radical (unpaired) electrons. The zero-order chi connectivity index (χ0) is 31.8. The number of fused-ring (bicyclic) bond motifs is 1. The lowest BCUT2D eigenvalue weighted by Crippen LogP contribution is -2.49. The summed E-state index contributed by atoms with van der Waals surface area (Å²) in [5.74, 6) is 0. The third-order valence-corrected chi connectivity index (χ3v) is 6.73. The molecule has 1 aromatic carbocycles. The summed E-state index contributed by atoms with van der Waals surface area (Å²) in [5, 5.41) is 0. The number of ether oxygens (including phenoxy) is 2. The zero-order valence-electron chi connectivity index (χ0n) is 24.5. The fourth-order valence-electron chi connectivity index (χ4n) is 5.10. The van der Waals surface area contributed by atoms with Crippen LogP contribution in [0.5, 0.6) is 0 Å². The van der Waals surface area contributed by atoms with E-state index in [4.69, 9.17) is 9.47 Å². The molecule has 3 rings (SSSR count). The van der Waals surface area contributed by atoms with E-state index in [1.165, 1.54) is 4.90 Å². The minimum atomic E-state index is -5.06. The molecular weight excluding hydrogens is 568 g/mol. The largest absolute Gasteiger partial charge is 0.449 e. The molecule has 2 amide bonds. The van der Waals surface area contributed by atoms with Gasteiger partial charge in [-0.2, -0.15) is 26.3 Å². The minimum absolute atomic E-state index is 0.0416. The van der Waals surface area contributed by atoms with Crippen molar-refractivity contribution in [2.45, 2.75) is 97.9 Å². The van der Waals surface area contributed by atoms with Crippen LogP contribution in [-0.2, 0) is 28.4 Å². The molecule has 2 aromatic rings. The first-order valence-corrected chi connectivity index (χ1v) is 13.5. The van der Waals surface area contributed by atoms with E-state index in [2.05, 4.69) is 4.98 Å². The summed E-state index contributed by atoms with van der Waals surface area (Å²) in [5.41, 5.74) is -2.58. The Balaban J connectivity index is 2.25. The molecule has 0 fully saturated rings. The number of nitrogens with zero attached hydrogens (tertiary/aromatic N) is 3. The number of aryl methyl sites for hydroxylation is 2. The van der Waals surface area contributed by atoms with Gasteiger partial charge >= 0.3 is 24.5 Å². The van der Waals surface area contributed by atoms with E-state index in [-0.39, 0.29) is 24.7 Å². The van der Waals surface area contributed by atoms with Crippen molar-refractivity contribution in [3.63, 3.8) is 0 Å². The van der Waals surface area contributed by atoms with Crippen LogP contribution >= 0.6 is 0 Å². The number of rotatable bonds is 5. The lowest BCUT2D eigenvalue weighted by molar-refractivity contribution is -0.143. The molecule has 0 saturated heterocycles. The number of carbonyl (C=O) groups is 2. The fourth-order valence-corrected chi connectivity index (χ4v) is 5.10. The number of amides is 2. The second-order valence-electron chi connectivity index (χ2n) is 11.2. The normalized spacial score (nSPS) is 17.5. The van der Waals surface area contributed by atoms with Crippen LogP contribution in [0.2, 0.25) is 0 Å². The van der Waals surface area contributed by atoms with Gasteiger partial charge in [0.25, 0.3) is 0 Å². The molecular formula is C29H35F6N3O4. The van der Waals surface area contributed by atoms with Gasteiger partial charge in [-0.25, -0.2) is 9.59 Å². The van der Waals surface area contributed by atoms with Gasteiger partial charge in [0.2, 0.25) is 0 Å². The second kappa shape index (κ2) is 12.0. The van der Waals surface area contributed by atoms with E-state index in [0.717, 1.165) is 4.90 Å². The molecule has 0 saturated carbocycles. The van der Waals surface area contributed by atoms with Crippen molar-refractivity contribution in [3.8, 4) is 0 Å². The predicted molar refractivity (Wildman–Crippen MR) is 143 cm³/mol. The van der Waals surface area contributed by atoms with Crippen LogP contribution in [0, 0.1) is 13.8 Å². The minimum Gasteiger partial charge on any atom is -0.449 e. The van der Waals surface area contributed by atoms with E-state index in [1.54, 1.807) is 47.6 Å². The third-order valence-electron chi connectivity index (χ3n) is 6.73. The monoisotopic (exact) mass is 603 g/mol. The van der Waals surface area contributed by atoms with Crippen LogP contribution in [0.1, 0.15) is 87.1 Å². The molecule has 2 atom stereocenters. The maximum atomic E-state index is 13.7. The molecule has 1 aliphatic rings. The van der Waals surface area contributed by atoms with Crippen molar-refractivity contribution >= 4 is 17.9 Å². The highest BCUT2D eigenvalue weighted by molar-refractivity contribution is 5.91. The lowest BCUT2D eigenvalue weighted by Gasteiger charge is -2.44. The Morgan fingerprint density at radius 1 is 0.976 bits per heavy atom. The van der Waals surface area contributed by atoms with Crippen LogP contribution in [0.3, 0.4) is 0 Å². The number of alkyl halides is 6. The molecule has 2 heterocycles. The maximum Gasteiger partial charge on any atom is 0.416 e. The van der Waals surface area contributed by atoms with Gasteiger partial charge in [-0.15, -0.1) is 0 Å². The van der Waals surface area contributed by atoms with Gasteiger partial charge in [-0.3, -0.25) is 14.8 Å². The molecule has 2 unspecified atom stereocenters.